The van der Waals surface area contributed by atoms with Crippen LogP contribution in [-0.2, 0) is 6.42 Å². The van der Waals surface area contributed by atoms with Crippen LogP contribution in [0.2, 0.25) is 0 Å². The van der Waals surface area contributed by atoms with Gasteiger partial charge in [-0.3, -0.25) is 0 Å². The highest BCUT2D eigenvalue weighted by Crippen LogP contribution is 2.27. The van der Waals surface area contributed by atoms with E-state index in [0.717, 1.165) is 17.5 Å². The molecule has 21 heavy (non-hydrogen) atoms. The van der Waals surface area contributed by atoms with Crippen molar-refractivity contribution in [1.29, 1.82) is 0 Å². The first-order valence-corrected chi connectivity index (χ1v) is 7.15. The quantitative estimate of drug-likeness (QED) is 0.545. The molecule has 0 atom stereocenters. The SMILES string of the molecule is C=CCc1cc(-c2ccccc2)[c]c(-c2ccccc2)c1. The summed E-state index contributed by atoms with van der Waals surface area (Å²) in [4.78, 5) is 0. The second kappa shape index (κ2) is 6.23. The van der Waals surface area contributed by atoms with Crippen LogP contribution >= 0.6 is 0 Å². The highest BCUT2D eigenvalue weighted by atomic mass is 14.1. The van der Waals surface area contributed by atoms with Gasteiger partial charge in [0.25, 0.3) is 0 Å². The van der Waals surface area contributed by atoms with Gasteiger partial charge in [0.2, 0.25) is 0 Å². The standard InChI is InChI=1S/C21H17/c1-2-9-17-14-20(18-10-5-3-6-11-18)16-21(15-17)19-12-7-4-8-13-19/h2-8,10-15H,1,9H2. The number of benzene rings is 3. The fourth-order valence-electron chi connectivity index (χ4n) is 2.46. The lowest BCUT2D eigenvalue weighted by molar-refractivity contribution is 1.28. The van der Waals surface area contributed by atoms with E-state index < -0.39 is 0 Å². The Morgan fingerprint density at radius 1 is 0.762 bits per heavy atom. The van der Waals surface area contributed by atoms with Crippen molar-refractivity contribution >= 4 is 0 Å². The lowest BCUT2D eigenvalue weighted by Gasteiger charge is -2.09. The van der Waals surface area contributed by atoms with Gasteiger partial charge < -0.3 is 0 Å². The second-order valence-corrected chi connectivity index (χ2v) is 5.04. The van der Waals surface area contributed by atoms with Gasteiger partial charge in [-0.1, -0.05) is 78.9 Å². The minimum absolute atomic E-state index is 0.869. The van der Waals surface area contributed by atoms with E-state index in [1.165, 1.54) is 16.7 Å². The van der Waals surface area contributed by atoms with Gasteiger partial charge in [-0.05, 0) is 40.3 Å². The molecule has 1 radical (unpaired) electrons. The van der Waals surface area contributed by atoms with Gasteiger partial charge in [0.1, 0.15) is 0 Å². The number of rotatable bonds is 4. The van der Waals surface area contributed by atoms with Crippen molar-refractivity contribution in [2.75, 3.05) is 0 Å². The molecule has 0 amide bonds. The van der Waals surface area contributed by atoms with E-state index in [2.05, 4.69) is 73.3 Å². The van der Waals surface area contributed by atoms with E-state index in [0.29, 0.717) is 0 Å². The normalized spacial score (nSPS) is 10.3. The van der Waals surface area contributed by atoms with Crippen LogP contribution in [0.25, 0.3) is 22.3 Å². The van der Waals surface area contributed by atoms with Gasteiger partial charge in [-0.2, -0.15) is 0 Å². The molecule has 0 N–H and O–H groups in total. The molecule has 3 rings (SSSR count). The van der Waals surface area contributed by atoms with Crippen molar-refractivity contribution in [1.82, 2.24) is 0 Å². The molecule has 0 aliphatic carbocycles. The van der Waals surface area contributed by atoms with Gasteiger partial charge >= 0.3 is 0 Å². The Labute approximate surface area is 126 Å². The smallest absolute Gasteiger partial charge is 0.00141 e. The van der Waals surface area contributed by atoms with Crippen LogP contribution in [0.4, 0.5) is 0 Å². The summed E-state index contributed by atoms with van der Waals surface area (Å²) in [5.41, 5.74) is 5.92. The third kappa shape index (κ3) is 3.11. The van der Waals surface area contributed by atoms with Crippen LogP contribution in [0.3, 0.4) is 0 Å². The zero-order chi connectivity index (χ0) is 14.5. The first-order chi connectivity index (χ1) is 10.4. The molecule has 0 saturated carbocycles. The zero-order valence-electron chi connectivity index (χ0n) is 11.9. The Kier molecular flexibility index (Phi) is 3.97. The molecule has 0 heteroatoms. The number of hydrogen-bond donors (Lipinski definition) is 0. The minimum Gasteiger partial charge on any atom is -0.103 e. The number of allylic oxidation sites excluding steroid dienone is 1. The molecule has 0 spiro atoms. The van der Waals surface area contributed by atoms with E-state index in [1.54, 1.807) is 0 Å². The summed E-state index contributed by atoms with van der Waals surface area (Å²) >= 11 is 0. The maximum Gasteiger partial charge on any atom is -0.00141 e. The Morgan fingerprint density at radius 3 is 1.67 bits per heavy atom. The first-order valence-electron chi connectivity index (χ1n) is 7.15. The molecule has 0 nitrogen and oxygen atoms in total. The third-order valence-electron chi connectivity index (χ3n) is 3.48. The van der Waals surface area contributed by atoms with E-state index in [-0.39, 0.29) is 0 Å². The molecular weight excluding hydrogens is 252 g/mol. The molecule has 0 saturated heterocycles. The summed E-state index contributed by atoms with van der Waals surface area (Å²) < 4.78 is 0. The Balaban J connectivity index is 2.13. The van der Waals surface area contributed by atoms with E-state index in [1.807, 2.05) is 18.2 Å². The minimum atomic E-state index is 0.869. The number of hydrogen-bond acceptors (Lipinski definition) is 0. The second-order valence-electron chi connectivity index (χ2n) is 5.04. The van der Waals surface area contributed by atoms with Crippen LogP contribution in [0, 0.1) is 6.07 Å². The van der Waals surface area contributed by atoms with Gasteiger partial charge in [0.15, 0.2) is 0 Å². The van der Waals surface area contributed by atoms with Crippen LogP contribution in [0.15, 0.2) is 85.5 Å². The molecule has 0 aliphatic heterocycles. The summed E-state index contributed by atoms with van der Waals surface area (Å²) in [6.45, 7) is 3.85. The average molecular weight is 269 g/mol. The predicted molar refractivity (Wildman–Crippen MR) is 90.1 cm³/mol. The van der Waals surface area contributed by atoms with Crippen LogP contribution in [0.5, 0.6) is 0 Å². The van der Waals surface area contributed by atoms with Crippen molar-refractivity contribution in [3.8, 4) is 22.3 Å². The molecule has 3 aromatic rings. The van der Waals surface area contributed by atoms with E-state index >= 15 is 0 Å². The monoisotopic (exact) mass is 269 g/mol. The Bertz CT molecular complexity index is 667. The highest BCUT2D eigenvalue weighted by molar-refractivity contribution is 5.73. The van der Waals surface area contributed by atoms with Crippen molar-refractivity contribution in [3.05, 3.63) is 97.1 Å². The lowest BCUT2D eigenvalue weighted by Crippen LogP contribution is -1.88. The van der Waals surface area contributed by atoms with Crippen LogP contribution < -0.4 is 0 Å². The Morgan fingerprint density at radius 2 is 1.24 bits per heavy atom. The summed E-state index contributed by atoms with van der Waals surface area (Å²) in [5, 5.41) is 0. The topological polar surface area (TPSA) is 0 Å². The fourth-order valence-corrected chi connectivity index (χ4v) is 2.46. The maximum atomic E-state index is 3.85. The molecule has 0 aliphatic rings. The van der Waals surface area contributed by atoms with Gasteiger partial charge in [-0.25, -0.2) is 0 Å². The van der Waals surface area contributed by atoms with Crippen molar-refractivity contribution in [2.45, 2.75) is 6.42 Å². The first kappa shape index (κ1) is 13.4. The molecule has 0 bridgehead atoms. The van der Waals surface area contributed by atoms with Crippen molar-refractivity contribution in [3.63, 3.8) is 0 Å². The zero-order valence-corrected chi connectivity index (χ0v) is 11.9. The lowest BCUT2D eigenvalue weighted by atomic mass is 9.95. The highest BCUT2D eigenvalue weighted by Gasteiger charge is 2.05. The molecule has 3 aromatic carbocycles. The van der Waals surface area contributed by atoms with Gasteiger partial charge in [0, 0.05) is 0 Å². The van der Waals surface area contributed by atoms with E-state index in [9.17, 15) is 0 Å². The molecule has 0 unspecified atom stereocenters. The summed E-state index contributed by atoms with van der Waals surface area (Å²) in [5.74, 6) is 0. The van der Waals surface area contributed by atoms with E-state index in [4.69, 9.17) is 0 Å². The van der Waals surface area contributed by atoms with Crippen molar-refractivity contribution < 1.29 is 0 Å². The maximum absolute atomic E-state index is 3.85. The summed E-state index contributed by atoms with van der Waals surface area (Å²) in [6.07, 6.45) is 2.81. The molecular formula is C21H17. The Hall–Kier alpha value is -2.60. The predicted octanol–water partition coefficient (Wildman–Crippen LogP) is 5.55. The molecule has 0 heterocycles. The third-order valence-corrected chi connectivity index (χ3v) is 3.48. The summed E-state index contributed by atoms with van der Waals surface area (Å²) in [7, 11) is 0. The molecule has 0 fully saturated rings. The van der Waals surface area contributed by atoms with Crippen LogP contribution in [-0.4, -0.2) is 0 Å². The molecule has 101 valence electrons. The van der Waals surface area contributed by atoms with Crippen molar-refractivity contribution in [2.24, 2.45) is 0 Å². The molecule has 0 aromatic heterocycles. The summed E-state index contributed by atoms with van der Waals surface area (Å²) in [6, 6.07) is 28.7. The van der Waals surface area contributed by atoms with Crippen LogP contribution in [0.1, 0.15) is 5.56 Å². The largest absolute Gasteiger partial charge is 0.103 e. The van der Waals surface area contributed by atoms with Gasteiger partial charge in [0.05, 0.1) is 0 Å². The fraction of sp³-hybridized carbons (Fsp3) is 0.0476. The van der Waals surface area contributed by atoms with Gasteiger partial charge in [-0.15, -0.1) is 6.58 Å². The average Bonchev–Trinajstić information content (AvgIpc) is 2.56.